The van der Waals surface area contributed by atoms with E-state index in [-0.39, 0.29) is 29.7 Å². The summed E-state index contributed by atoms with van der Waals surface area (Å²) in [5, 5.41) is 6.96. The molecule has 4 rings (SSSR count). The van der Waals surface area contributed by atoms with Gasteiger partial charge in [0.1, 0.15) is 0 Å². The number of halogens is 3. The summed E-state index contributed by atoms with van der Waals surface area (Å²) in [5.74, 6) is -2.78. The van der Waals surface area contributed by atoms with E-state index in [1.807, 2.05) is 0 Å². The molecule has 4 aromatic rings. The molecule has 1 amide bonds. The fourth-order valence-electron chi connectivity index (χ4n) is 3.28. The Morgan fingerprint density at radius 3 is 2.42 bits per heavy atom. The number of benzene rings is 2. The van der Waals surface area contributed by atoms with Gasteiger partial charge in [-0.15, -0.1) is 0 Å². The number of anilines is 1. The lowest BCUT2D eigenvalue weighted by Crippen LogP contribution is -2.17. The van der Waals surface area contributed by atoms with E-state index in [9.17, 15) is 18.0 Å². The zero-order chi connectivity index (χ0) is 23.4. The van der Waals surface area contributed by atoms with E-state index in [4.69, 9.17) is 0 Å². The number of aryl methyl sites for hydroxylation is 3. The molecular formula is C24H20F3N5O. The molecule has 9 heteroatoms. The van der Waals surface area contributed by atoms with Gasteiger partial charge in [-0.05, 0) is 49.6 Å². The fraction of sp³-hybridized carbons (Fsp3) is 0.167. The monoisotopic (exact) mass is 451 g/mol. The molecule has 2 heterocycles. The maximum atomic E-state index is 14.8. The van der Waals surface area contributed by atoms with Crippen molar-refractivity contribution in [3.63, 3.8) is 0 Å². The summed E-state index contributed by atoms with van der Waals surface area (Å²) in [6.45, 7) is 1.77. The minimum Gasteiger partial charge on any atom is -0.290 e. The van der Waals surface area contributed by atoms with E-state index in [1.165, 1.54) is 10.7 Å². The molecule has 0 atom stereocenters. The molecule has 0 bridgehead atoms. The minimum absolute atomic E-state index is 0.0319. The SMILES string of the molecule is CCc1nc(NC(=O)c2ccccc2)nc(CCc2ccn(-c3ccc(F)c(F)c3)n2)c1F. The van der Waals surface area contributed by atoms with Crippen LogP contribution in [0.2, 0.25) is 0 Å². The first kappa shape index (κ1) is 22.2. The van der Waals surface area contributed by atoms with Gasteiger partial charge in [0, 0.05) is 17.8 Å². The van der Waals surface area contributed by atoms with E-state index in [0.717, 1.165) is 12.1 Å². The lowest BCUT2D eigenvalue weighted by Gasteiger charge is -2.10. The number of hydrogen-bond donors (Lipinski definition) is 1. The maximum absolute atomic E-state index is 14.8. The molecule has 0 fully saturated rings. The van der Waals surface area contributed by atoms with Crippen LogP contribution in [0.3, 0.4) is 0 Å². The largest absolute Gasteiger partial charge is 0.290 e. The Morgan fingerprint density at radius 2 is 1.70 bits per heavy atom. The summed E-state index contributed by atoms with van der Waals surface area (Å²) in [7, 11) is 0. The van der Waals surface area contributed by atoms with Crippen molar-refractivity contribution < 1.29 is 18.0 Å². The van der Waals surface area contributed by atoms with Crippen molar-refractivity contribution in [3.05, 3.63) is 101 Å². The topological polar surface area (TPSA) is 72.7 Å². The zero-order valence-corrected chi connectivity index (χ0v) is 17.7. The number of hydrogen-bond acceptors (Lipinski definition) is 4. The predicted octanol–water partition coefficient (Wildman–Crippen LogP) is 4.68. The van der Waals surface area contributed by atoms with Crippen LogP contribution in [0.1, 0.15) is 34.4 Å². The molecule has 6 nitrogen and oxygen atoms in total. The van der Waals surface area contributed by atoms with Crippen molar-refractivity contribution in [1.29, 1.82) is 0 Å². The van der Waals surface area contributed by atoms with Gasteiger partial charge in [-0.1, -0.05) is 25.1 Å². The van der Waals surface area contributed by atoms with Gasteiger partial charge < -0.3 is 0 Å². The highest BCUT2D eigenvalue weighted by Crippen LogP contribution is 2.17. The smallest absolute Gasteiger partial charge is 0.258 e. The molecule has 2 aromatic heterocycles. The van der Waals surface area contributed by atoms with Crippen LogP contribution in [0, 0.1) is 17.5 Å². The van der Waals surface area contributed by atoms with Crippen molar-refractivity contribution in [2.75, 3.05) is 5.32 Å². The molecule has 33 heavy (non-hydrogen) atoms. The van der Waals surface area contributed by atoms with E-state index >= 15 is 0 Å². The van der Waals surface area contributed by atoms with E-state index in [1.54, 1.807) is 49.5 Å². The van der Waals surface area contributed by atoms with Crippen LogP contribution < -0.4 is 5.32 Å². The van der Waals surface area contributed by atoms with Crippen LogP contribution >= 0.6 is 0 Å². The molecule has 0 aliphatic carbocycles. The molecule has 0 saturated carbocycles. The van der Waals surface area contributed by atoms with Gasteiger partial charge in [-0.2, -0.15) is 5.10 Å². The molecule has 1 N–H and O–H groups in total. The Hall–Kier alpha value is -4.01. The Balaban J connectivity index is 1.51. The highest BCUT2D eigenvalue weighted by Gasteiger charge is 2.16. The highest BCUT2D eigenvalue weighted by molar-refractivity contribution is 6.03. The molecule has 168 valence electrons. The minimum atomic E-state index is -0.968. The molecule has 0 aliphatic heterocycles. The van der Waals surface area contributed by atoms with Gasteiger partial charge in [0.2, 0.25) is 5.95 Å². The number of carbonyl (C=O) groups excluding carboxylic acids is 1. The van der Waals surface area contributed by atoms with Gasteiger partial charge >= 0.3 is 0 Å². The summed E-state index contributed by atoms with van der Waals surface area (Å²) >= 11 is 0. The van der Waals surface area contributed by atoms with Crippen LogP contribution in [0.4, 0.5) is 19.1 Å². The quantitative estimate of drug-likeness (QED) is 0.443. The third kappa shape index (κ3) is 5.08. The molecular weight excluding hydrogens is 431 g/mol. The molecule has 2 aromatic carbocycles. The molecule has 0 unspecified atom stereocenters. The average molecular weight is 451 g/mol. The van der Waals surface area contributed by atoms with Crippen LogP contribution in [0.15, 0.2) is 60.8 Å². The third-order valence-electron chi connectivity index (χ3n) is 5.01. The Labute approximate surface area is 188 Å². The van der Waals surface area contributed by atoms with E-state index < -0.39 is 17.5 Å². The molecule has 0 radical (unpaired) electrons. The number of aromatic nitrogens is 4. The summed E-state index contributed by atoms with van der Waals surface area (Å²) in [6.07, 6.45) is 2.51. The summed E-state index contributed by atoms with van der Waals surface area (Å²) in [4.78, 5) is 20.8. The standard InChI is InChI=1S/C24H20F3N5O/c1-2-20-22(27)21(29-24(28-20)30-23(33)15-6-4-3-5-7-15)11-8-16-12-13-32(31-16)17-9-10-18(25)19(26)14-17/h3-7,9-10,12-14H,2,8,11H2,1H3,(H,28,29,30,33). The lowest BCUT2D eigenvalue weighted by molar-refractivity contribution is 0.102. The number of amides is 1. The van der Waals surface area contributed by atoms with E-state index in [0.29, 0.717) is 29.8 Å². The number of carbonyl (C=O) groups is 1. The van der Waals surface area contributed by atoms with Gasteiger partial charge in [0.05, 0.1) is 22.8 Å². The fourth-order valence-corrected chi connectivity index (χ4v) is 3.28. The molecule has 0 spiro atoms. The van der Waals surface area contributed by atoms with Crippen molar-refractivity contribution in [1.82, 2.24) is 19.7 Å². The number of rotatable bonds is 7. The van der Waals surface area contributed by atoms with Crippen molar-refractivity contribution in [3.8, 4) is 5.69 Å². The molecule has 0 saturated heterocycles. The summed E-state index contributed by atoms with van der Waals surface area (Å²) < 4.78 is 42.9. The van der Waals surface area contributed by atoms with Crippen LogP contribution in [0.5, 0.6) is 0 Å². The average Bonchev–Trinajstić information content (AvgIpc) is 3.30. The number of nitrogens with zero attached hydrogens (tertiary/aromatic N) is 4. The van der Waals surface area contributed by atoms with Gasteiger partial charge in [0.15, 0.2) is 17.5 Å². The summed E-state index contributed by atoms with van der Waals surface area (Å²) in [6, 6.07) is 13.8. The first-order chi connectivity index (χ1) is 15.9. The van der Waals surface area contributed by atoms with Crippen LogP contribution in [-0.4, -0.2) is 25.7 Å². The lowest BCUT2D eigenvalue weighted by atomic mass is 10.1. The van der Waals surface area contributed by atoms with E-state index in [2.05, 4.69) is 20.4 Å². The predicted molar refractivity (Wildman–Crippen MR) is 117 cm³/mol. The maximum Gasteiger partial charge on any atom is 0.258 e. The first-order valence-electron chi connectivity index (χ1n) is 10.4. The van der Waals surface area contributed by atoms with Crippen molar-refractivity contribution >= 4 is 11.9 Å². The van der Waals surface area contributed by atoms with Crippen molar-refractivity contribution in [2.24, 2.45) is 0 Å². The van der Waals surface area contributed by atoms with Gasteiger partial charge in [-0.25, -0.2) is 27.8 Å². The first-order valence-corrected chi connectivity index (χ1v) is 10.4. The highest BCUT2D eigenvalue weighted by atomic mass is 19.2. The van der Waals surface area contributed by atoms with Crippen molar-refractivity contribution in [2.45, 2.75) is 26.2 Å². The number of nitrogens with one attached hydrogen (secondary N) is 1. The second kappa shape index (κ2) is 9.64. The van der Waals surface area contributed by atoms with Gasteiger partial charge in [-0.3, -0.25) is 10.1 Å². The second-order valence-corrected chi connectivity index (χ2v) is 7.28. The second-order valence-electron chi connectivity index (χ2n) is 7.28. The Morgan fingerprint density at radius 1 is 0.939 bits per heavy atom. The summed E-state index contributed by atoms with van der Waals surface area (Å²) in [5.41, 5.74) is 1.79. The Kier molecular flexibility index (Phi) is 6.48. The zero-order valence-electron chi connectivity index (χ0n) is 17.7. The van der Waals surface area contributed by atoms with Crippen LogP contribution in [-0.2, 0) is 19.3 Å². The third-order valence-corrected chi connectivity index (χ3v) is 5.01. The molecule has 0 aliphatic rings. The normalized spacial score (nSPS) is 10.9. The van der Waals surface area contributed by atoms with Crippen LogP contribution in [0.25, 0.3) is 5.69 Å². The van der Waals surface area contributed by atoms with Gasteiger partial charge in [0.25, 0.3) is 5.91 Å². The Bertz CT molecular complexity index is 1290.